The number of hydrogen-bond donors (Lipinski definition) is 1. The van der Waals surface area contributed by atoms with E-state index in [1.165, 1.54) is 20.9 Å². The summed E-state index contributed by atoms with van der Waals surface area (Å²) in [6.45, 7) is 7.31. The lowest BCUT2D eigenvalue weighted by atomic mass is 10.1. The summed E-state index contributed by atoms with van der Waals surface area (Å²) in [4.78, 5) is 2.76. The third kappa shape index (κ3) is 3.58. The Morgan fingerprint density at radius 1 is 1.21 bits per heavy atom. The first-order valence-electron chi connectivity index (χ1n) is 6.53. The minimum atomic E-state index is 0.390. The zero-order chi connectivity index (χ0) is 13.8. The highest BCUT2D eigenvalue weighted by Gasteiger charge is 2.07. The zero-order valence-corrected chi connectivity index (χ0v) is 12.8. The molecular weight excluding hydrogens is 254 g/mol. The molecule has 0 aliphatic rings. The van der Waals surface area contributed by atoms with E-state index in [0.29, 0.717) is 6.04 Å². The normalized spacial score (nSPS) is 12.4. The maximum absolute atomic E-state index is 5.28. The maximum Gasteiger partial charge on any atom is 0.121 e. The van der Waals surface area contributed by atoms with Gasteiger partial charge < -0.3 is 10.1 Å². The molecule has 0 aliphatic carbocycles. The standard InChI is InChI=1S/C16H21NOS/c1-11-9-14(6-7-15(11)18-4)10-17-13(3)16-8-5-12(2)19-16/h5-9,13,17H,10H2,1-4H3. The number of hydrogen-bond acceptors (Lipinski definition) is 3. The maximum atomic E-state index is 5.28. The fraction of sp³-hybridized carbons (Fsp3) is 0.375. The van der Waals surface area contributed by atoms with Gasteiger partial charge in [-0.15, -0.1) is 11.3 Å². The number of aryl methyl sites for hydroxylation is 2. The molecule has 0 saturated heterocycles. The van der Waals surface area contributed by atoms with Crippen molar-refractivity contribution in [1.29, 1.82) is 0 Å². The molecule has 0 amide bonds. The monoisotopic (exact) mass is 275 g/mol. The molecule has 1 unspecified atom stereocenters. The van der Waals surface area contributed by atoms with Crippen molar-refractivity contribution in [3.8, 4) is 5.75 Å². The molecule has 1 atom stereocenters. The Morgan fingerprint density at radius 2 is 2.00 bits per heavy atom. The van der Waals surface area contributed by atoms with Crippen LogP contribution >= 0.6 is 11.3 Å². The van der Waals surface area contributed by atoms with Crippen LogP contribution in [0, 0.1) is 13.8 Å². The third-order valence-corrected chi connectivity index (χ3v) is 4.44. The van der Waals surface area contributed by atoms with E-state index in [1.54, 1.807) is 7.11 Å². The van der Waals surface area contributed by atoms with Crippen molar-refractivity contribution in [1.82, 2.24) is 5.32 Å². The van der Waals surface area contributed by atoms with Crippen LogP contribution in [0.3, 0.4) is 0 Å². The Hall–Kier alpha value is -1.32. The molecule has 1 heterocycles. The van der Waals surface area contributed by atoms with Crippen molar-refractivity contribution >= 4 is 11.3 Å². The predicted molar refractivity (Wildman–Crippen MR) is 82.0 cm³/mol. The van der Waals surface area contributed by atoms with E-state index in [4.69, 9.17) is 4.74 Å². The van der Waals surface area contributed by atoms with Crippen LogP contribution in [-0.4, -0.2) is 7.11 Å². The van der Waals surface area contributed by atoms with Crippen molar-refractivity contribution in [2.45, 2.75) is 33.4 Å². The average molecular weight is 275 g/mol. The second-order valence-electron chi connectivity index (χ2n) is 4.85. The number of thiophene rings is 1. The Balaban J connectivity index is 1.97. The lowest BCUT2D eigenvalue weighted by molar-refractivity contribution is 0.411. The van der Waals surface area contributed by atoms with Crippen molar-refractivity contribution in [3.63, 3.8) is 0 Å². The van der Waals surface area contributed by atoms with Gasteiger partial charge in [-0.05, 0) is 50.1 Å². The molecule has 1 N–H and O–H groups in total. The number of nitrogens with one attached hydrogen (secondary N) is 1. The lowest BCUT2D eigenvalue weighted by Crippen LogP contribution is -2.17. The van der Waals surface area contributed by atoms with E-state index >= 15 is 0 Å². The van der Waals surface area contributed by atoms with Gasteiger partial charge in [0.25, 0.3) is 0 Å². The molecule has 0 saturated carbocycles. The molecule has 1 aromatic heterocycles. The third-order valence-electron chi connectivity index (χ3n) is 3.26. The van der Waals surface area contributed by atoms with E-state index in [0.717, 1.165) is 12.3 Å². The first kappa shape index (κ1) is 14.1. The smallest absolute Gasteiger partial charge is 0.121 e. The molecule has 0 radical (unpaired) electrons. The fourth-order valence-corrected chi connectivity index (χ4v) is 3.01. The molecule has 0 aliphatic heterocycles. The first-order valence-corrected chi connectivity index (χ1v) is 7.35. The van der Waals surface area contributed by atoms with Gasteiger partial charge in [-0.2, -0.15) is 0 Å². The largest absolute Gasteiger partial charge is 0.496 e. The van der Waals surface area contributed by atoms with Gasteiger partial charge in [0.15, 0.2) is 0 Å². The molecule has 0 spiro atoms. The number of ether oxygens (including phenoxy) is 1. The summed E-state index contributed by atoms with van der Waals surface area (Å²) in [5.41, 5.74) is 2.47. The second kappa shape index (κ2) is 6.22. The van der Waals surface area contributed by atoms with Gasteiger partial charge in [0, 0.05) is 22.3 Å². The van der Waals surface area contributed by atoms with Crippen molar-refractivity contribution in [2.75, 3.05) is 7.11 Å². The molecule has 1 aromatic carbocycles. The summed E-state index contributed by atoms with van der Waals surface area (Å²) in [6.07, 6.45) is 0. The van der Waals surface area contributed by atoms with Gasteiger partial charge in [-0.25, -0.2) is 0 Å². The van der Waals surface area contributed by atoms with Gasteiger partial charge in [0.05, 0.1) is 7.11 Å². The second-order valence-corrected chi connectivity index (χ2v) is 6.17. The van der Waals surface area contributed by atoms with Crippen molar-refractivity contribution in [3.05, 3.63) is 51.2 Å². The van der Waals surface area contributed by atoms with E-state index in [1.807, 2.05) is 17.4 Å². The lowest BCUT2D eigenvalue weighted by Gasteiger charge is -2.13. The van der Waals surface area contributed by atoms with Gasteiger partial charge in [-0.3, -0.25) is 0 Å². The van der Waals surface area contributed by atoms with Crippen LogP contribution in [0.1, 0.15) is 33.8 Å². The van der Waals surface area contributed by atoms with Gasteiger partial charge in [0.1, 0.15) is 5.75 Å². The topological polar surface area (TPSA) is 21.3 Å². The van der Waals surface area contributed by atoms with E-state index in [9.17, 15) is 0 Å². The fourth-order valence-electron chi connectivity index (χ4n) is 2.11. The van der Waals surface area contributed by atoms with Crippen molar-refractivity contribution < 1.29 is 4.74 Å². The molecule has 0 fully saturated rings. The minimum absolute atomic E-state index is 0.390. The zero-order valence-electron chi connectivity index (χ0n) is 12.0. The molecule has 2 aromatic rings. The quantitative estimate of drug-likeness (QED) is 0.882. The Morgan fingerprint density at radius 3 is 2.58 bits per heavy atom. The highest BCUT2D eigenvalue weighted by molar-refractivity contribution is 7.12. The highest BCUT2D eigenvalue weighted by Crippen LogP contribution is 2.23. The Bertz CT molecular complexity index is 547. The van der Waals surface area contributed by atoms with Gasteiger partial charge in [-0.1, -0.05) is 12.1 Å². The molecule has 2 nitrogen and oxygen atoms in total. The van der Waals surface area contributed by atoms with E-state index in [2.05, 4.69) is 50.4 Å². The average Bonchev–Trinajstić information content (AvgIpc) is 2.83. The SMILES string of the molecule is COc1ccc(CNC(C)c2ccc(C)s2)cc1C. The number of methoxy groups -OCH3 is 1. The Labute approximate surface area is 119 Å². The summed E-state index contributed by atoms with van der Waals surface area (Å²) in [5.74, 6) is 0.950. The predicted octanol–water partition coefficient (Wildman–Crippen LogP) is 4.22. The van der Waals surface area contributed by atoms with Crippen LogP contribution in [0.4, 0.5) is 0 Å². The van der Waals surface area contributed by atoms with E-state index in [-0.39, 0.29) is 0 Å². The van der Waals surface area contributed by atoms with Crippen LogP contribution in [0.5, 0.6) is 5.75 Å². The first-order chi connectivity index (χ1) is 9.10. The highest BCUT2D eigenvalue weighted by atomic mass is 32.1. The molecule has 102 valence electrons. The van der Waals surface area contributed by atoms with Crippen LogP contribution in [0.2, 0.25) is 0 Å². The summed E-state index contributed by atoms with van der Waals surface area (Å²) >= 11 is 1.86. The van der Waals surface area contributed by atoms with Gasteiger partial charge in [0.2, 0.25) is 0 Å². The Kier molecular flexibility index (Phi) is 4.61. The summed E-state index contributed by atoms with van der Waals surface area (Å²) < 4.78 is 5.28. The molecule has 0 bridgehead atoms. The molecule has 19 heavy (non-hydrogen) atoms. The molecular formula is C16H21NOS. The number of rotatable bonds is 5. The van der Waals surface area contributed by atoms with Crippen LogP contribution < -0.4 is 10.1 Å². The summed E-state index contributed by atoms with van der Waals surface area (Å²) in [5, 5.41) is 3.56. The van der Waals surface area contributed by atoms with Crippen LogP contribution in [0.25, 0.3) is 0 Å². The minimum Gasteiger partial charge on any atom is -0.496 e. The summed E-state index contributed by atoms with van der Waals surface area (Å²) in [7, 11) is 1.71. The van der Waals surface area contributed by atoms with E-state index < -0.39 is 0 Å². The summed E-state index contributed by atoms with van der Waals surface area (Å²) in [6, 6.07) is 11.1. The van der Waals surface area contributed by atoms with Crippen LogP contribution in [0.15, 0.2) is 30.3 Å². The molecule has 2 rings (SSSR count). The molecule has 3 heteroatoms. The number of benzene rings is 1. The van der Waals surface area contributed by atoms with Gasteiger partial charge >= 0.3 is 0 Å². The van der Waals surface area contributed by atoms with Crippen molar-refractivity contribution in [2.24, 2.45) is 0 Å². The van der Waals surface area contributed by atoms with Crippen LogP contribution in [-0.2, 0) is 6.54 Å².